The molecule has 0 saturated carbocycles. The van der Waals surface area contributed by atoms with Gasteiger partial charge in [-0.2, -0.15) is 0 Å². The molecule has 0 aromatic carbocycles. The van der Waals surface area contributed by atoms with Crippen LogP contribution in [0.2, 0.25) is 0 Å². The van der Waals surface area contributed by atoms with Gasteiger partial charge in [-0.15, -0.1) is 0 Å². The Balaban J connectivity index is 2.95. The Morgan fingerprint density at radius 2 is 2.25 bits per heavy atom. The molecular weight excluding hydrogens is 146 g/mol. The van der Waals surface area contributed by atoms with Crippen molar-refractivity contribution in [3.05, 3.63) is 35.6 Å². The largest absolute Gasteiger partial charge is 0.262 e. The molecule has 12 heavy (non-hydrogen) atoms. The number of rotatable bonds is 1. The zero-order chi connectivity index (χ0) is 8.97. The molecule has 0 spiro atoms. The minimum absolute atomic E-state index is 0.484. The van der Waals surface area contributed by atoms with Crippen LogP contribution in [-0.4, -0.2) is 6.21 Å². The average molecular weight is 161 g/mol. The Morgan fingerprint density at radius 1 is 1.50 bits per heavy atom. The maximum Gasteiger partial charge on any atom is 0.0620 e. The van der Waals surface area contributed by atoms with E-state index in [4.69, 9.17) is 0 Å². The Bertz CT molecular complexity index is 267. The van der Waals surface area contributed by atoms with Crippen LogP contribution in [0, 0.1) is 5.92 Å². The monoisotopic (exact) mass is 161 g/mol. The SMILES string of the molecule is CC=NC1=CC(C)C=CC=C1C. The molecule has 0 aromatic rings. The smallest absolute Gasteiger partial charge is 0.0620 e. The molecule has 0 saturated heterocycles. The van der Waals surface area contributed by atoms with Crippen LogP contribution in [0.3, 0.4) is 0 Å². The molecule has 1 aliphatic rings. The van der Waals surface area contributed by atoms with E-state index >= 15 is 0 Å². The third-order valence-electron chi connectivity index (χ3n) is 1.85. The highest BCUT2D eigenvalue weighted by Crippen LogP contribution is 2.17. The number of nitrogens with zero attached hydrogens (tertiary/aromatic N) is 1. The molecule has 0 fully saturated rings. The summed E-state index contributed by atoms with van der Waals surface area (Å²) in [6.45, 7) is 6.19. The van der Waals surface area contributed by atoms with Crippen molar-refractivity contribution in [1.82, 2.24) is 0 Å². The van der Waals surface area contributed by atoms with E-state index in [0.29, 0.717) is 5.92 Å². The van der Waals surface area contributed by atoms with Gasteiger partial charge in [-0.05, 0) is 25.3 Å². The first-order chi connectivity index (χ1) is 5.74. The van der Waals surface area contributed by atoms with Crippen LogP contribution in [0.25, 0.3) is 0 Å². The summed E-state index contributed by atoms with van der Waals surface area (Å²) < 4.78 is 0. The van der Waals surface area contributed by atoms with Crippen LogP contribution in [0.5, 0.6) is 0 Å². The van der Waals surface area contributed by atoms with Crippen LogP contribution >= 0.6 is 0 Å². The standard InChI is InChI=1S/C11H15N/c1-4-12-11-8-9(2)6-5-7-10(11)3/h4-9H,1-3H3. The highest BCUT2D eigenvalue weighted by atomic mass is 14.7. The van der Waals surface area contributed by atoms with E-state index in [1.165, 1.54) is 5.57 Å². The van der Waals surface area contributed by atoms with E-state index < -0.39 is 0 Å². The van der Waals surface area contributed by atoms with Gasteiger partial charge in [0.25, 0.3) is 0 Å². The molecule has 1 rings (SSSR count). The van der Waals surface area contributed by atoms with Gasteiger partial charge in [0.2, 0.25) is 0 Å². The highest BCUT2D eigenvalue weighted by molar-refractivity contribution is 5.57. The van der Waals surface area contributed by atoms with Crippen LogP contribution in [0.15, 0.2) is 40.6 Å². The minimum Gasteiger partial charge on any atom is -0.262 e. The molecule has 0 aromatic heterocycles. The van der Waals surface area contributed by atoms with Crippen LogP contribution in [0.4, 0.5) is 0 Å². The van der Waals surface area contributed by atoms with E-state index in [1.54, 1.807) is 0 Å². The molecule has 1 unspecified atom stereocenters. The Kier molecular flexibility index (Phi) is 3.03. The summed E-state index contributed by atoms with van der Waals surface area (Å²) in [7, 11) is 0. The van der Waals surface area contributed by atoms with Crippen molar-refractivity contribution >= 4 is 6.21 Å². The second-order valence-corrected chi connectivity index (χ2v) is 3.03. The Hall–Kier alpha value is -1.11. The molecular formula is C11H15N. The van der Waals surface area contributed by atoms with Crippen molar-refractivity contribution in [2.45, 2.75) is 20.8 Å². The van der Waals surface area contributed by atoms with Gasteiger partial charge in [0.05, 0.1) is 5.70 Å². The number of hydrogen-bond donors (Lipinski definition) is 0. The molecule has 1 aliphatic carbocycles. The topological polar surface area (TPSA) is 12.4 Å². The van der Waals surface area contributed by atoms with Crippen molar-refractivity contribution in [2.24, 2.45) is 10.9 Å². The lowest BCUT2D eigenvalue weighted by Gasteiger charge is -2.01. The summed E-state index contributed by atoms with van der Waals surface area (Å²) in [5.74, 6) is 0.484. The van der Waals surface area contributed by atoms with Crippen molar-refractivity contribution < 1.29 is 0 Å². The van der Waals surface area contributed by atoms with Crippen molar-refractivity contribution in [3.8, 4) is 0 Å². The van der Waals surface area contributed by atoms with E-state index in [1.807, 2.05) is 13.1 Å². The number of allylic oxidation sites excluding steroid dienone is 5. The minimum atomic E-state index is 0.484. The zero-order valence-electron chi connectivity index (χ0n) is 7.91. The van der Waals surface area contributed by atoms with E-state index in [-0.39, 0.29) is 0 Å². The molecule has 0 amide bonds. The van der Waals surface area contributed by atoms with E-state index in [0.717, 1.165) is 5.70 Å². The normalized spacial score (nSPS) is 23.8. The number of hydrogen-bond acceptors (Lipinski definition) is 1. The van der Waals surface area contributed by atoms with Crippen LogP contribution in [-0.2, 0) is 0 Å². The first-order valence-electron chi connectivity index (χ1n) is 4.30. The molecule has 1 nitrogen and oxygen atoms in total. The van der Waals surface area contributed by atoms with Crippen molar-refractivity contribution in [1.29, 1.82) is 0 Å². The summed E-state index contributed by atoms with van der Waals surface area (Å²) >= 11 is 0. The Labute approximate surface area is 74.2 Å². The average Bonchev–Trinajstić information content (AvgIpc) is 2.16. The first kappa shape index (κ1) is 8.98. The van der Waals surface area contributed by atoms with E-state index in [9.17, 15) is 0 Å². The lowest BCUT2D eigenvalue weighted by Crippen LogP contribution is -1.86. The van der Waals surface area contributed by atoms with Crippen molar-refractivity contribution in [3.63, 3.8) is 0 Å². The summed E-state index contributed by atoms with van der Waals surface area (Å²) in [5.41, 5.74) is 2.32. The quantitative estimate of drug-likeness (QED) is 0.524. The second kappa shape index (κ2) is 4.05. The predicted molar refractivity (Wildman–Crippen MR) is 54.3 cm³/mol. The fourth-order valence-electron chi connectivity index (χ4n) is 1.18. The summed E-state index contributed by atoms with van der Waals surface area (Å²) in [5, 5.41) is 0. The van der Waals surface area contributed by atoms with Gasteiger partial charge in [0.1, 0.15) is 0 Å². The summed E-state index contributed by atoms with van der Waals surface area (Å²) in [6, 6.07) is 0. The maximum atomic E-state index is 4.30. The fourth-order valence-corrected chi connectivity index (χ4v) is 1.18. The molecule has 0 radical (unpaired) electrons. The van der Waals surface area contributed by atoms with Crippen LogP contribution in [0.1, 0.15) is 20.8 Å². The van der Waals surface area contributed by atoms with Gasteiger partial charge in [0, 0.05) is 6.21 Å². The maximum absolute atomic E-state index is 4.30. The Morgan fingerprint density at radius 3 is 2.92 bits per heavy atom. The molecule has 0 N–H and O–H groups in total. The van der Waals surface area contributed by atoms with Crippen LogP contribution < -0.4 is 0 Å². The summed E-state index contributed by atoms with van der Waals surface area (Å²) in [6.07, 6.45) is 10.4. The van der Waals surface area contributed by atoms with Gasteiger partial charge >= 0.3 is 0 Å². The predicted octanol–water partition coefficient (Wildman–Crippen LogP) is 3.11. The lowest BCUT2D eigenvalue weighted by atomic mass is 10.1. The third kappa shape index (κ3) is 2.19. The fraction of sp³-hybridized carbons (Fsp3) is 0.364. The zero-order valence-corrected chi connectivity index (χ0v) is 7.91. The van der Waals surface area contributed by atoms with Gasteiger partial charge in [0.15, 0.2) is 0 Å². The summed E-state index contributed by atoms with van der Waals surface area (Å²) in [4.78, 5) is 4.30. The highest BCUT2D eigenvalue weighted by Gasteiger charge is 2.01. The lowest BCUT2D eigenvalue weighted by molar-refractivity contribution is 0.928. The molecule has 1 atom stereocenters. The van der Waals surface area contributed by atoms with Gasteiger partial charge < -0.3 is 0 Å². The molecule has 1 heteroatoms. The van der Waals surface area contributed by atoms with Gasteiger partial charge in [-0.3, -0.25) is 4.99 Å². The van der Waals surface area contributed by atoms with Gasteiger partial charge in [-0.1, -0.05) is 31.2 Å². The van der Waals surface area contributed by atoms with E-state index in [2.05, 4.69) is 43.1 Å². The third-order valence-corrected chi connectivity index (χ3v) is 1.85. The number of aliphatic imine (C=N–C) groups is 1. The first-order valence-corrected chi connectivity index (χ1v) is 4.30. The molecule has 0 aliphatic heterocycles. The van der Waals surface area contributed by atoms with Crippen molar-refractivity contribution in [2.75, 3.05) is 0 Å². The molecule has 0 heterocycles. The molecule has 64 valence electrons. The van der Waals surface area contributed by atoms with Gasteiger partial charge in [-0.25, -0.2) is 0 Å². The second-order valence-electron chi connectivity index (χ2n) is 3.03. The molecule has 0 bridgehead atoms.